The molecule has 0 saturated carbocycles. The van der Waals surface area contributed by atoms with Crippen molar-refractivity contribution in [1.82, 2.24) is 0 Å². The molecule has 2 rings (SSSR count). The minimum absolute atomic E-state index is 0.149. The summed E-state index contributed by atoms with van der Waals surface area (Å²) < 4.78 is 21.3. The SMILES string of the molecule is COc1ccc(CCC(O)C(C(C)C)C(O)CCc2ccc(OC)c(OC)c2)cc1OC. The number of methoxy groups -OCH3 is 4. The zero-order valence-corrected chi connectivity index (χ0v) is 20.1. The lowest BCUT2D eigenvalue weighted by molar-refractivity contribution is -0.0183. The molecule has 0 radical (unpaired) electrons. The predicted molar refractivity (Wildman–Crippen MR) is 126 cm³/mol. The molecule has 0 saturated heterocycles. The van der Waals surface area contributed by atoms with Crippen molar-refractivity contribution >= 4 is 0 Å². The van der Waals surface area contributed by atoms with Crippen molar-refractivity contribution in [2.45, 2.75) is 51.7 Å². The third kappa shape index (κ3) is 6.78. The van der Waals surface area contributed by atoms with E-state index in [0.29, 0.717) is 48.7 Å². The van der Waals surface area contributed by atoms with Gasteiger partial charge in [0.1, 0.15) is 0 Å². The number of hydrogen-bond donors (Lipinski definition) is 2. The van der Waals surface area contributed by atoms with E-state index in [9.17, 15) is 10.2 Å². The fraction of sp³-hybridized carbons (Fsp3) is 0.538. The van der Waals surface area contributed by atoms with Crippen molar-refractivity contribution in [2.24, 2.45) is 11.8 Å². The number of hydrogen-bond acceptors (Lipinski definition) is 6. The van der Waals surface area contributed by atoms with Gasteiger partial charge in [0.25, 0.3) is 0 Å². The van der Waals surface area contributed by atoms with Crippen molar-refractivity contribution in [2.75, 3.05) is 28.4 Å². The first-order valence-corrected chi connectivity index (χ1v) is 11.1. The summed E-state index contributed by atoms with van der Waals surface area (Å²) in [6, 6.07) is 11.6. The molecule has 0 fully saturated rings. The van der Waals surface area contributed by atoms with Gasteiger partial charge in [-0.1, -0.05) is 26.0 Å². The lowest BCUT2D eigenvalue weighted by Gasteiger charge is -2.31. The van der Waals surface area contributed by atoms with Gasteiger partial charge in [-0.25, -0.2) is 0 Å². The predicted octanol–water partition coefficient (Wildman–Crippen LogP) is 4.28. The van der Waals surface area contributed by atoms with Gasteiger partial charge in [-0.05, 0) is 67.0 Å². The molecular weight excluding hydrogens is 408 g/mol. The van der Waals surface area contributed by atoms with Crippen LogP contribution in [0.1, 0.15) is 37.8 Å². The van der Waals surface area contributed by atoms with Crippen LogP contribution in [0, 0.1) is 11.8 Å². The van der Waals surface area contributed by atoms with Gasteiger partial charge in [-0.2, -0.15) is 0 Å². The minimum atomic E-state index is -0.608. The van der Waals surface area contributed by atoms with Gasteiger partial charge in [0.2, 0.25) is 0 Å². The molecule has 2 aromatic carbocycles. The number of ether oxygens (including phenoxy) is 4. The van der Waals surface area contributed by atoms with E-state index in [2.05, 4.69) is 0 Å². The Hall–Kier alpha value is -2.44. The standard InChI is InChI=1S/C26H38O6/c1-17(2)26(20(27)11-7-18-9-13-22(29-3)24(15-18)31-5)21(28)12-8-19-10-14-23(30-4)25(16-19)32-6/h9-10,13-17,20-21,26-28H,7-8,11-12H2,1-6H3. The topological polar surface area (TPSA) is 77.4 Å². The van der Waals surface area contributed by atoms with E-state index in [0.717, 1.165) is 11.1 Å². The molecule has 32 heavy (non-hydrogen) atoms. The van der Waals surface area contributed by atoms with Crippen LogP contribution in [0.2, 0.25) is 0 Å². The summed E-state index contributed by atoms with van der Waals surface area (Å²) in [5, 5.41) is 21.9. The number of aliphatic hydroxyl groups is 2. The monoisotopic (exact) mass is 446 g/mol. The van der Waals surface area contributed by atoms with E-state index < -0.39 is 12.2 Å². The largest absolute Gasteiger partial charge is 0.493 e. The zero-order chi connectivity index (χ0) is 23.7. The highest BCUT2D eigenvalue weighted by molar-refractivity contribution is 5.43. The van der Waals surface area contributed by atoms with Gasteiger partial charge in [0.15, 0.2) is 23.0 Å². The Morgan fingerprint density at radius 2 is 1.00 bits per heavy atom. The zero-order valence-electron chi connectivity index (χ0n) is 20.1. The van der Waals surface area contributed by atoms with E-state index >= 15 is 0 Å². The van der Waals surface area contributed by atoms with Crippen molar-refractivity contribution in [3.8, 4) is 23.0 Å². The van der Waals surface area contributed by atoms with Gasteiger partial charge in [-0.15, -0.1) is 0 Å². The van der Waals surface area contributed by atoms with Crippen LogP contribution in [0.25, 0.3) is 0 Å². The maximum absolute atomic E-state index is 10.9. The van der Waals surface area contributed by atoms with Gasteiger partial charge in [-0.3, -0.25) is 0 Å². The smallest absolute Gasteiger partial charge is 0.160 e. The highest BCUT2D eigenvalue weighted by atomic mass is 16.5. The van der Waals surface area contributed by atoms with Crippen LogP contribution in [0.3, 0.4) is 0 Å². The highest BCUT2D eigenvalue weighted by Gasteiger charge is 2.29. The lowest BCUT2D eigenvalue weighted by atomic mass is 9.81. The Bertz CT molecular complexity index is 770. The van der Waals surface area contributed by atoms with Gasteiger partial charge < -0.3 is 29.2 Å². The van der Waals surface area contributed by atoms with E-state index in [1.807, 2.05) is 50.2 Å². The maximum Gasteiger partial charge on any atom is 0.160 e. The first kappa shape index (κ1) is 25.8. The Morgan fingerprint density at radius 3 is 1.31 bits per heavy atom. The fourth-order valence-corrected chi connectivity index (χ4v) is 4.23. The number of aliphatic hydroxyl groups excluding tert-OH is 2. The molecule has 0 bridgehead atoms. The van der Waals surface area contributed by atoms with Crippen LogP contribution in [-0.2, 0) is 12.8 Å². The van der Waals surface area contributed by atoms with E-state index in [-0.39, 0.29) is 11.8 Å². The van der Waals surface area contributed by atoms with Crippen LogP contribution in [0.15, 0.2) is 36.4 Å². The molecule has 2 aromatic rings. The Balaban J connectivity index is 1.99. The fourth-order valence-electron chi connectivity index (χ4n) is 4.23. The van der Waals surface area contributed by atoms with Crippen molar-refractivity contribution in [1.29, 1.82) is 0 Å². The summed E-state index contributed by atoms with van der Waals surface area (Å²) in [6.07, 6.45) is 1.28. The quantitative estimate of drug-likeness (QED) is 0.478. The first-order chi connectivity index (χ1) is 15.3. The Morgan fingerprint density at radius 1 is 0.625 bits per heavy atom. The van der Waals surface area contributed by atoms with E-state index in [4.69, 9.17) is 18.9 Å². The maximum atomic E-state index is 10.9. The molecular formula is C26H38O6. The number of benzene rings is 2. The molecule has 6 nitrogen and oxygen atoms in total. The molecule has 2 atom stereocenters. The molecule has 0 aliphatic heterocycles. The summed E-state index contributed by atoms with van der Waals surface area (Å²) in [7, 11) is 6.44. The van der Waals surface area contributed by atoms with Crippen LogP contribution >= 0.6 is 0 Å². The number of aryl methyl sites for hydroxylation is 2. The number of rotatable bonds is 13. The second kappa shape index (κ2) is 12.6. The Labute approximate surface area is 192 Å². The molecule has 2 N–H and O–H groups in total. The molecule has 0 aliphatic rings. The molecule has 2 unspecified atom stereocenters. The van der Waals surface area contributed by atoms with Gasteiger partial charge >= 0.3 is 0 Å². The van der Waals surface area contributed by atoms with Crippen LogP contribution in [0.5, 0.6) is 23.0 Å². The minimum Gasteiger partial charge on any atom is -0.493 e. The van der Waals surface area contributed by atoms with Crippen LogP contribution in [-0.4, -0.2) is 50.9 Å². The van der Waals surface area contributed by atoms with E-state index in [1.54, 1.807) is 28.4 Å². The molecule has 178 valence electrons. The lowest BCUT2D eigenvalue weighted by Crippen LogP contribution is -2.36. The van der Waals surface area contributed by atoms with Crippen molar-refractivity contribution in [3.63, 3.8) is 0 Å². The van der Waals surface area contributed by atoms with Crippen molar-refractivity contribution < 1.29 is 29.2 Å². The molecule has 0 aliphatic carbocycles. The summed E-state index contributed by atoms with van der Waals surface area (Å²) in [6.45, 7) is 4.09. The summed E-state index contributed by atoms with van der Waals surface area (Å²) >= 11 is 0. The van der Waals surface area contributed by atoms with Crippen LogP contribution < -0.4 is 18.9 Å². The summed E-state index contributed by atoms with van der Waals surface area (Å²) in [5.41, 5.74) is 2.12. The molecule has 6 heteroatoms. The first-order valence-electron chi connectivity index (χ1n) is 11.1. The second-order valence-corrected chi connectivity index (χ2v) is 8.41. The molecule has 0 amide bonds. The van der Waals surface area contributed by atoms with Crippen molar-refractivity contribution in [3.05, 3.63) is 47.5 Å². The van der Waals surface area contributed by atoms with E-state index in [1.165, 1.54) is 0 Å². The summed E-state index contributed by atoms with van der Waals surface area (Å²) in [4.78, 5) is 0. The van der Waals surface area contributed by atoms with Gasteiger partial charge in [0, 0.05) is 5.92 Å². The van der Waals surface area contributed by atoms with Gasteiger partial charge in [0.05, 0.1) is 40.6 Å². The normalized spacial score (nSPS) is 14.0. The second-order valence-electron chi connectivity index (χ2n) is 8.41. The molecule has 0 aromatic heterocycles. The summed E-state index contributed by atoms with van der Waals surface area (Å²) in [5.74, 6) is 2.65. The molecule has 0 spiro atoms. The van der Waals surface area contributed by atoms with Crippen LogP contribution in [0.4, 0.5) is 0 Å². The molecule has 0 heterocycles. The average molecular weight is 447 g/mol. The third-order valence-corrected chi connectivity index (χ3v) is 6.01. The highest BCUT2D eigenvalue weighted by Crippen LogP contribution is 2.31. The Kier molecular flexibility index (Phi) is 10.1. The third-order valence-electron chi connectivity index (χ3n) is 6.01. The average Bonchev–Trinajstić information content (AvgIpc) is 2.80.